The van der Waals surface area contributed by atoms with Crippen LogP contribution >= 0.6 is 0 Å². The highest BCUT2D eigenvalue weighted by atomic mass is 16.5. The van der Waals surface area contributed by atoms with Gasteiger partial charge in [0.15, 0.2) is 0 Å². The van der Waals surface area contributed by atoms with Gasteiger partial charge in [0.25, 0.3) is 11.8 Å². The van der Waals surface area contributed by atoms with Gasteiger partial charge in [-0.05, 0) is 72.8 Å². The molecule has 0 bridgehead atoms. The zero-order chi connectivity index (χ0) is 30.3. The van der Waals surface area contributed by atoms with Crippen LogP contribution in [-0.4, -0.2) is 59.9 Å². The first-order valence-corrected chi connectivity index (χ1v) is 14.1. The summed E-state index contributed by atoms with van der Waals surface area (Å²) in [5.41, 5.74) is 0.790. The predicted octanol–water partition coefficient (Wildman–Crippen LogP) is 3.33. The Labute approximate surface area is 250 Å². The second kappa shape index (κ2) is 9.66. The van der Waals surface area contributed by atoms with E-state index in [1.54, 1.807) is 82.8 Å². The van der Waals surface area contributed by atoms with Crippen molar-refractivity contribution in [2.24, 2.45) is 11.8 Å². The van der Waals surface area contributed by atoms with Crippen LogP contribution in [0.3, 0.4) is 0 Å². The molecule has 0 N–H and O–H groups in total. The summed E-state index contributed by atoms with van der Waals surface area (Å²) in [6.45, 7) is 0. The van der Waals surface area contributed by atoms with E-state index < -0.39 is 59.6 Å². The van der Waals surface area contributed by atoms with Gasteiger partial charge in [-0.1, -0.05) is 0 Å². The van der Waals surface area contributed by atoms with E-state index in [1.165, 1.54) is 36.5 Å². The van der Waals surface area contributed by atoms with Gasteiger partial charge in [0.05, 0.1) is 62.0 Å². The molecule has 4 aliphatic rings. The Morgan fingerprint density at radius 2 is 0.909 bits per heavy atom. The van der Waals surface area contributed by atoms with Crippen LogP contribution in [0.15, 0.2) is 94.2 Å². The van der Waals surface area contributed by atoms with E-state index in [-0.39, 0.29) is 0 Å². The van der Waals surface area contributed by atoms with E-state index in [9.17, 15) is 19.2 Å². The zero-order valence-electron chi connectivity index (χ0n) is 23.6. The summed E-state index contributed by atoms with van der Waals surface area (Å²) >= 11 is 0. The molecule has 2 aromatic carbocycles. The molecule has 4 amide bonds. The summed E-state index contributed by atoms with van der Waals surface area (Å²) in [6, 6.07) is 16.4. The minimum atomic E-state index is -1.02. The third kappa shape index (κ3) is 3.46. The SMILES string of the molecule is COc1ccc(N2C(=O)[C@@H]3[C@@H](C2=O)N2[C@@H](c4ccco4)[C@@H]4C(=O)N(c5ccc(OC)cc5)C(=O)[C@@H]4N2[C@@H]3c2ccco2)cc1. The number of nitrogens with zero attached hydrogens (tertiary/aromatic N) is 4. The lowest BCUT2D eigenvalue weighted by atomic mass is 9.87. The number of hydrogen-bond donors (Lipinski definition) is 0. The fourth-order valence-corrected chi connectivity index (χ4v) is 7.28. The molecule has 0 spiro atoms. The van der Waals surface area contributed by atoms with Gasteiger partial charge in [0.1, 0.15) is 35.1 Å². The summed E-state index contributed by atoms with van der Waals surface area (Å²) in [7, 11) is 3.07. The van der Waals surface area contributed by atoms with Gasteiger partial charge in [0.2, 0.25) is 11.8 Å². The lowest BCUT2D eigenvalue weighted by Gasteiger charge is -2.34. The fraction of sp³-hybridized carbons (Fsp3) is 0.250. The van der Waals surface area contributed by atoms with Crippen molar-refractivity contribution in [1.82, 2.24) is 10.0 Å². The Morgan fingerprint density at radius 1 is 0.523 bits per heavy atom. The van der Waals surface area contributed by atoms with Gasteiger partial charge >= 0.3 is 0 Å². The highest BCUT2D eigenvalue weighted by molar-refractivity contribution is 6.26. The van der Waals surface area contributed by atoms with Gasteiger partial charge in [-0.25, -0.2) is 19.8 Å². The van der Waals surface area contributed by atoms with E-state index in [0.29, 0.717) is 34.4 Å². The minimum Gasteiger partial charge on any atom is -0.497 e. The average molecular weight is 595 g/mol. The van der Waals surface area contributed by atoms with Crippen molar-refractivity contribution in [2.75, 3.05) is 24.0 Å². The van der Waals surface area contributed by atoms with Gasteiger partial charge in [-0.15, -0.1) is 0 Å². The molecule has 6 atom stereocenters. The number of rotatable bonds is 6. The van der Waals surface area contributed by atoms with Crippen molar-refractivity contribution in [3.8, 4) is 11.5 Å². The van der Waals surface area contributed by atoms with Crippen LogP contribution < -0.4 is 19.3 Å². The molecule has 4 aromatic rings. The van der Waals surface area contributed by atoms with Crippen LogP contribution in [0.2, 0.25) is 0 Å². The number of ether oxygens (including phenoxy) is 2. The Balaban J connectivity index is 1.27. The Bertz CT molecular complexity index is 1640. The van der Waals surface area contributed by atoms with E-state index >= 15 is 0 Å². The molecule has 6 heterocycles. The normalized spacial score (nSPS) is 28.1. The van der Waals surface area contributed by atoms with Gasteiger partial charge in [-0.2, -0.15) is 0 Å². The number of imide groups is 2. The molecule has 12 heteroatoms. The fourth-order valence-electron chi connectivity index (χ4n) is 7.28. The topological polar surface area (TPSA) is 126 Å². The van der Waals surface area contributed by atoms with Crippen LogP contribution in [-0.2, 0) is 19.2 Å². The predicted molar refractivity (Wildman–Crippen MR) is 152 cm³/mol. The number of amides is 4. The standard InChI is InChI=1S/C32H26N4O8/c1-41-19-11-7-17(8-12-19)33-29(37)23-25(21-5-3-15-43-21)36-28-24(26(22-6-4-16-44-22)35(36)27(23)31(33)39)30(38)34(32(28)40)18-9-13-20(42-2)14-10-18/h3-16,23-28H,1-2H3/t23-,24-,25-,26+,27+,28-/m0/s1. The maximum absolute atomic E-state index is 14.3. The maximum Gasteiger partial charge on any atom is 0.253 e. The number of anilines is 2. The van der Waals surface area contributed by atoms with E-state index in [4.69, 9.17) is 18.3 Å². The van der Waals surface area contributed by atoms with E-state index in [0.717, 1.165) is 0 Å². The third-order valence-corrected chi connectivity index (χ3v) is 9.06. The molecule has 0 saturated carbocycles. The number of methoxy groups -OCH3 is 2. The van der Waals surface area contributed by atoms with Gasteiger partial charge in [0, 0.05) is 0 Å². The van der Waals surface area contributed by atoms with E-state index in [1.807, 2.05) is 0 Å². The smallest absolute Gasteiger partial charge is 0.253 e. The second-order valence-corrected chi connectivity index (χ2v) is 11.0. The first-order valence-electron chi connectivity index (χ1n) is 14.1. The zero-order valence-corrected chi connectivity index (χ0v) is 23.6. The van der Waals surface area contributed by atoms with Crippen LogP contribution in [0.5, 0.6) is 11.5 Å². The van der Waals surface area contributed by atoms with E-state index in [2.05, 4.69) is 0 Å². The lowest BCUT2D eigenvalue weighted by molar-refractivity contribution is -0.136. The Morgan fingerprint density at radius 3 is 1.23 bits per heavy atom. The van der Waals surface area contributed by atoms with Crippen molar-refractivity contribution in [3.63, 3.8) is 0 Å². The number of furan rings is 2. The molecule has 12 nitrogen and oxygen atoms in total. The third-order valence-electron chi connectivity index (χ3n) is 9.06. The highest BCUT2D eigenvalue weighted by Gasteiger charge is 2.74. The lowest BCUT2D eigenvalue weighted by Crippen LogP contribution is -2.50. The summed E-state index contributed by atoms with van der Waals surface area (Å²) in [6.07, 6.45) is 2.97. The average Bonchev–Trinajstić information content (AvgIpc) is 3.88. The number of fused-ring (bicyclic) bond motifs is 5. The number of carbonyl (C=O) groups excluding carboxylic acids is 4. The quantitative estimate of drug-likeness (QED) is 0.307. The first kappa shape index (κ1) is 26.4. The monoisotopic (exact) mass is 594 g/mol. The largest absolute Gasteiger partial charge is 0.497 e. The van der Waals surface area contributed by atoms with Crippen LogP contribution in [0.1, 0.15) is 23.6 Å². The summed E-state index contributed by atoms with van der Waals surface area (Å²) < 4.78 is 22.2. The molecule has 4 saturated heterocycles. The second-order valence-electron chi connectivity index (χ2n) is 11.0. The van der Waals surface area contributed by atoms with Gasteiger partial charge < -0.3 is 18.3 Å². The van der Waals surface area contributed by atoms with Crippen molar-refractivity contribution in [3.05, 3.63) is 96.8 Å². The molecule has 4 aliphatic heterocycles. The molecule has 4 fully saturated rings. The summed E-state index contributed by atoms with van der Waals surface area (Å²) in [5, 5.41) is 3.44. The number of carbonyl (C=O) groups is 4. The maximum atomic E-state index is 14.3. The molecule has 8 rings (SSSR count). The van der Waals surface area contributed by atoms with Crippen molar-refractivity contribution in [2.45, 2.75) is 24.2 Å². The van der Waals surface area contributed by atoms with Crippen LogP contribution in [0.4, 0.5) is 11.4 Å². The van der Waals surface area contributed by atoms with Crippen molar-refractivity contribution >= 4 is 35.0 Å². The molecular formula is C32H26N4O8. The summed E-state index contributed by atoms with van der Waals surface area (Å²) in [5.74, 6) is -1.67. The van der Waals surface area contributed by atoms with Gasteiger partial charge in [-0.3, -0.25) is 19.2 Å². The summed E-state index contributed by atoms with van der Waals surface area (Å²) in [4.78, 5) is 59.4. The molecule has 0 radical (unpaired) electrons. The molecule has 0 unspecified atom stereocenters. The number of hydrazine groups is 1. The molecular weight excluding hydrogens is 568 g/mol. The van der Waals surface area contributed by atoms with Crippen molar-refractivity contribution in [1.29, 1.82) is 0 Å². The molecule has 222 valence electrons. The highest BCUT2D eigenvalue weighted by Crippen LogP contribution is 2.59. The minimum absolute atomic E-state index is 0.395. The Kier molecular flexibility index (Phi) is 5.80. The molecule has 44 heavy (non-hydrogen) atoms. The first-order chi connectivity index (χ1) is 21.4. The Hall–Kier alpha value is -5.20. The molecule has 0 aliphatic carbocycles. The van der Waals surface area contributed by atoms with Crippen LogP contribution in [0.25, 0.3) is 0 Å². The molecule has 2 aromatic heterocycles. The van der Waals surface area contributed by atoms with Crippen molar-refractivity contribution < 1.29 is 37.5 Å². The van der Waals surface area contributed by atoms with Crippen LogP contribution in [0, 0.1) is 11.8 Å². The number of benzene rings is 2. The number of hydrogen-bond acceptors (Lipinski definition) is 10.